The van der Waals surface area contributed by atoms with E-state index in [0.29, 0.717) is 15.6 Å². The Bertz CT molecular complexity index is 1390. The molecule has 0 spiro atoms. The molecular weight excluding hydrogens is 523 g/mol. The number of hydrogen-bond donors (Lipinski definition) is 1. The average Bonchev–Trinajstić information content (AvgIpc) is 3.46. The molecular formula is C23H21F5N4O4S. The number of aromatic nitrogens is 2. The number of rotatable bonds is 7. The van der Waals surface area contributed by atoms with Crippen molar-refractivity contribution in [1.82, 2.24) is 19.4 Å². The first-order valence-corrected chi connectivity index (χ1v) is 12.3. The van der Waals surface area contributed by atoms with Gasteiger partial charge in [-0.15, -0.1) is 5.10 Å². The van der Waals surface area contributed by atoms with Gasteiger partial charge in [-0.2, -0.15) is 17.5 Å². The maximum absolute atomic E-state index is 14.2. The summed E-state index contributed by atoms with van der Waals surface area (Å²) in [4.78, 5) is 12.5. The summed E-state index contributed by atoms with van der Waals surface area (Å²) in [7, 11) is -3.05. The van der Waals surface area contributed by atoms with Gasteiger partial charge in [-0.1, -0.05) is 6.07 Å². The summed E-state index contributed by atoms with van der Waals surface area (Å²) < 4.78 is 99.4. The van der Waals surface area contributed by atoms with Gasteiger partial charge >= 0.3 is 6.18 Å². The van der Waals surface area contributed by atoms with Crippen molar-refractivity contribution >= 4 is 15.9 Å². The zero-order chi connectivity index (χ0) is 27.0. The third-order valence-electron chi connectivity index (χ3n) is 5.77. The normalized spacial score (nSPS) is 18.6. The number of halogens is 5. The maximum atomic E-state index is 14.2. The first kappa shape index (κ1) is 26.5. The molecule has 1 N–H and O–H groups in total. The molecule has 8 nitrogen and oxygen atoms in total. The fourth-order valence-electron chi connectivity index (χ4n) is 3.95. The topological polar surface area (TPSA) is 93.5 Å². The summed E-state index contributed by atoms with van der Waals surface area (Å²) in [5, 5.41) is 6.67. The number of ether oxygens (including phenoxy) is 1. The van der Waals surface area contributed by atoms with Gasteiger partial charge in [-0.25, -0.2) is 21.9 Å². The number of carbonyl (C=O) groups is 1. The molecule has 4 rings (SSSR count). The lowest BCUT2D eigenvalue weighted by Gasteiger charge is -2.23. The number of nitrogens with one attached hydrogen (secondary N) is 1. The summed E-state index contributed by atoms with van der Waals surface area (Å²) in [6.07, 6.45) is -5.06. The van der Waals surface area contributed by atoms with Crippen molar-refractivity contribution in [3.8, 4) is 11.6 Å². The predicted octanol–water partition coefficient (Wildman–Crippen LogP) is 3.46. The van der Waals surface area contributed by atoms with E-state index in [0.717, 1.165) is 30.3 Å². The molecule has 37 heavy (non-hydrogen) atoms. The summed E-state index contributed by atoms with van der Waals surface area (Å²) in [6, 6.07) is 7.04. The quantitative estimate of drug-likeness (QED) is 0.460. The Hall–Kier alpha value is -3.52. The van der Waals surface area contributed by atoms with E-state index in [-0.39, 0.29) is 18.8 Å². The summed E-state index contributed by atoms with van der Waals surface area (Å²) in [5.41, 5.74) is -0.194. The Morgan fingerprint density at radius 1 is 1.19 bits per heavy atom. The highest BCUT2D eigenvalue weighted by molar-refractivity contribution is 7.89. The van der Waals surface area contributed by atoms with Crippen LogP contribution in [0.4, 0.5) is 22.0 Å². The van der Waals surface area contributed by atoms with Crippen molar-refractivity contribution in [1.29, 1.82) is 0 Å². The Kier molecular flexibility index (Phi) is 7.24. The van der Waals surface area contributed by atoms with E-state index in [9.17, 15) is 35.2 Å². The zero-order valence-electron chi connectivity index (χ0n) is 19.2. The molecule has 0 aliphatic carbocycles. The van der Waals surface area contributed by atoms with Gasteiger partial charge in [-0.3, -0.25) is 4.79 Å². The van der Waals surface area contributed by atoms with E-state index >= 15 is 0 Å². The number of alkyl halides is 4. The highest BCUT2D eigenvalue weighted by Crippen LogP contribution is 2.31. The average molecular weight is 545 g/mol. The van der Waals surface area contributed by atoms with Crippen LogP contribution in [0.5, 0.6) is 5.88 Å². The van der Waals surface area contributed by atoms with Crippen LogP contribution in [0.15, 0.2) is 59.6 Å². The van der Waals surface area contributed by atoms with E-state index in [2.05, 4.69) is 10.4 Å². The van der Waals surface area contributed by atoms with Crippen molar-refractivity contribution in [2.45, 2.75) is 36.3 Å². The van der Waals surface area contributed by atoms with Gasteiger partial charge in [0.1, 0.15) is 18.0 Å². The monoisotopic (exact) mass is 544 g/mol. The molecule has 0 saturated carbocycles. The molecule has 1 aliphatic heterocycles. The zero-order valence-corrected chi connectivity index (χ0v) is 20.1. The number of amides is 1. The molecule has 1 aliphatic rings. The summed E-state index contributed by atoms with van der Waals surface area (Å²) in [6.45, 7) is -0.754. The largest absolute Gasteiger partial charge is 0.480 e. The molecule has 1 aromatic heterocycles. The molecule has 14 heteroatoms. The second-order valence-corrected chi connectivity index (χ2v) is 10.1. The minimum Gasteiger partial charge on any atom is -0.480 e. The van der Waals surface area contributed by atoms with Gasteiger partial charge in [0.05, 0.1) is 28.8 Å². The van der Waals surface area contributed by atoms with Crippen LogP contribution in [0.1, 0.15) is 17.5 Å². The number of methoxy groups -OCH3 is 1. The standard InChI is InChI=1S/C23H21F5N4O4S/c1-36-22-14(12-31(30-22)18-7-5-15(6-8-18)23(26,27)28)11-29-21(33)20-10-17(25)13-32(20)37(34,35)19-4-2-3-16(24)9-19/h2-9,12,17,20H,10-11,13H2,1H3,(H,29,33). The number of nitrogens with zero attached hydrogens (tertiary/aromatic N) is 3. The molecule has 1 amide bonds. The van der Waals surface area contributed by atoms with Crippen molar-refractivity contribution in [2.75, 3.05) is 13.7 Å². The molecule has 2 heterocycles. The Morgan fingerprint density at radius 2 is 1.89 bits per heavy atom. The van der Waals surface area contributed by atoms with E-state index in [1.54, 1.807) is 0 Å². The number of carbonyl (C=O) groups excluding carboxylic acids is 1. The second-order valence-electron chi connectivity index (χ2n) is 8.25. The van der Waals surface area contributed by atoms with Gasteiger partial charge < -0.3 is 10.1 Å². The first-order valence-electron chi connectivity index (χ1n) is 10.9. The van der Waals surface area contributed by atoms with E-state index < -0.39 is 57.1 Å². The van der Waals surface area contributed by atoms with Crippen LogP contribution in [0.25, 0.3) is 5.69 Å². The van der Waals surface area contributed by atoms with Crippen LogP contribution in [-0.4, -0.2) is 54.3 Å². The van der Waals surface area contributed by atoms with Crippen molar-refractivity contribution < 1.29 is 39.9 Å². The van der Waals surface area contributed by atoms with Crippen LogP contribution < -0.4 is 10.1 Å². The lowest BCUT2D eigenvalue weighted by molar-refractivity contribution is -0.137. The van der Waals surface area contributed by atoms with Gasteiger partial charge in [0.15, 0.2) is 0 Å². The van der Waals surface area contributed by atoms with E-state index in [1.165, 1.54) is 36.2 Å². The highest BCUT2D eigenvalue weighted by Gasteiger charge is 2.44. The Balaban J connectivity index is 1.50. The predicted molar refractivity (Wildman–Crippen MR) is 121 cm³/mol. The van der Waals surface area contributed by atoms with Crippen LogP contribution >= 0.6 is 0 Å². The molecule has 2 aromatic carbocycles. The smallest absolute Gasteiger partial charge is 0.416 e. The van der Waals surface area contributed by atoms with Gasteiger partial charge in [0, 0.05) is 25.7 Å². The second kappa shape index (κ2) is 10.1. The summed E-state index contributed by atoms with van der Waals surface area (Å²) >= 11 is 0. The van der Waals surface area contributed by atoms with E-state index in [4.69, 9.17) is 4.74 Å². The van der Waals surface area contributed by atoms with E-state index in [1.807, 2.05) is 0 Å². The van der Waals surface area contributed by atoms with Gasteiger partial charge in [0.2, 0.25) is 21.8 Å². The molecule has 2 unspecified atom stereocenters. The van der Waals surface area contributed by atoms with Crippen LogP contribution in [0, 0.1) is 5.82 Å². The lowest BCUT2D eigenvalue weighted by Crippen LogP contribution is -2.45. The number of sulfonamides is 1. The number of benzene rings is 2. The summed E-state index contributed by atoms with van der Waals surface area (Å²) in [5.74, 6) is -1.51. The van der Waals surface area contributed by atoms with Crippen LogP contribution in [-0.2, 0) is 27.5 Å². The molecule has 198 valence electrons. The fourth-order valence-corrected chi connectivity index (χ4v) is 5.60. The van der Waals surface area contributed by atoms with Crippen molar-refractivity contribution in [2.24, 2.45) is 0 Å². The molecule has 1 saturated heterocycles. The van der Waals surface area contributed by atoms with Crippen molar-refractivity contribution in [3.05, 3.63) is 71.7 Å². The third-order valence-corrected chi connectivity index (χ3v) is 7.64. The highest BCUT2D eigenvalue weighted by atomic mass is 32.2. The molecule has 1 fully saturated rings. The molecule has 0 radical (unpaired) electrons. The van der Waals surface area contributed by atoms with Crippen molar-refractivity contribution in [3.63, 3.8) is 0 Å². The number of hydrogen-bond acceptors (Lipinski definition) is 5. The third kappa shape index (κ3) is 5.59. The van der Waals surface area contributed by atoms with Crippen LogP contribution in [0.2, 0.25) is 0 Å². The Morgan fingerprint density at radius 3 is 2.51 bits per heavy atom. The lowest BCUT2D eigenvalue weighted by atomic mass is 10.2. The minimum atomic E-state index is -4.50. The van der Waals surface area contributed by atoms with Crippen LogP contribution in [0.3, 0.4) is 0 Å². The van der Waals surface area contributed by atoms with Gasteiger partial charge in [-0.05, 0) is 42.5 Å². The molecule has 3 aromatic rings. The SMILES string of the molecule is COc1nn(-c2ccc(C(F)(F)F)cc2)cc1CNC(=O)C1CC(F)CN1S(=O)(=O)c1cccc(F)c1. The molecule has 2 atom stereocenters. The Labute approximate surface area is 208 Å². The fraction of sp³-hybridized carbons (Fsp3) is 0.304. The first-order chi connectivity index (χ1) is 17.4. The van der Waals surface area contributed by atoms with Gasteiger partial charge in [0.25, 0.3) is 0 Å². The minimum absolute atomic E-state index is 0.0687. The maximum Gasteiger partial charge on any atom is 0.416 e. The molecule has 0 bridgehead atoms.